The molecule has 0 fully saturated rings. The number of carbonyl (C=O) groups is 1. The van der Waals surface area contributed by atoms with Crippen LogP contribution in [-0.4, -0.2) is 29.1 Å². The van der Waals surface area contributed by atoms with E-state index in [4.69, 9.17) is 4.74 Å². The molecule has 3 aromatic rings. The van der Waals surface area contributed by atoms with Gasteiger partial charge in [-0.05, 0) is 40.8 Å². The molecule has 31 heavy (non-hydrogen) atoms. The minimum atomic E-state index is -0.175. The fourth-order valence-corrected chi connectivity index (χ4v) is 4.29. The van der Waals surface area contributed by atoms with E-state index < -0.39 is 0 Å². The molecular weight excluding hydrogens is 388 g/mol. The van der Waals surface area contributed by atoms with Crippen LogP contribution in [0.1, 0.15) is 43.4 Å². The zero-order chi connectivity index (χ0) is 21.6. The van der Waals surface area contributed by atoms with Crippen molar-refractivity contribution in [2.24, 2.45) is 0 Å². The Kier molecular flexibility index (Phi) is 4.67. The molecule has 0 spiro atoms. The quantitative estimate of drug-likeness (QED) is 0.589. The molecule has 2 aromatic carbocycles. The average Bonchev–Trinajstić information content (AvgIpc) is 3.20. The number of nitrogens with zero attached hydrogens (tertiary/aromatic N) is 1. The molecule has 0 radical (unpaired) electrons. The zero-order valence-electron chi connectivity index (χ0n) is 18.0. The normalized spacial score (nSPS) is 18.3. The highest BCUT2D eigenvalue weighted by atomic mass is 16.5. The highest BCUT2D eigenvalue weighted by Gasteiger charge is 2.36. The van der Waals surface area contributed by atoms with Gasteiger partial charge in [0.15, 0.2) is 5.78 Å². The van der Waals surface area contributed by atoms with Crippen LogP contribution < -0.4 is 15.4 Å². The molecule has 2 aliphatic rings. The number of aromatic nitrogens is 2. The van der Waals surface area contributed by atoms with Crippen LogP contribution in [0.15, 0.2) is 66.0 Å². The summed E-state index contributed by atoms with van der Waals surface area (Å²) in [7, 11) is 0. The summed E-state index contributed by atoms with van der Waals surface area (Å²) in [5, 5.41) is 13.7. The van der Waals surface area contributed by atoms with Gasteiger partial charge in [-0.2, -0.15) is 5.10 Å². The lowest BCUT2D eigenvalue weighted by atomic mass is 9.79. The van der Waals surface area contributed by atoms with Crippen molar-refractivity contribution >= 4 is 11.6 Å². The highest BCUT2D eigenvalue weighted by Crippen LogP contribution is 2.42. The molecule has 5 rings (SSSR count). The summed E-state index contributed by atoms with van der Waals surface area (Å²) in [6.45, 7) is 7.56. The lowest BCUT2D eigenvalue weighted by molar-refractivity contribution is -0.115. The number of ether oxygens (including phenoxy) is 1. The maximum atomic E-state index is 12.8. The van der Waals surface area contributed by atoms with Crippen LogP contribution in [0, 0.1) is 0 Å². The second-order valence-corrected chi connectivity index (χ2v) is 9.13. The van der Waals surface area contributed by atoms with E-state index >= 15 is 0 Å². The number of carbonyl (C=O) groups excluding carboxylic acids is 1. The van der Waals surface area contributed by atoms with E-state index in [-0.39, 0.29) is 17.1 Å². The third-order valence-corrected chi connectivity index (χ3v) is 5.90. The Morgan fingerprint density at radius 2 is 1.84 bits per heavy atom. The maximum Gasteiger partial charge on any atom is 0.175 e. The predicted octanol–water partition coefficient (Wildman–Crippen LogP) is 4.48. The van der Waals surface area contributed by atoms with E-state index in [1.165, 1.54) is 5.56 Å². The molecule has 3 heterocycles. The number of ketones is 1. The van der Waals surface area contributed by atoms with E-state index in [0.717, 1.165) is 39.7 Å². The molecule has 6 nitrogen and oxygen atoms in total. The summed E-state index contributed by atoms with van der Waals surface area (Å²) in [5.74, 6) is 2.30. The number of Topliss-reactive ketones (excluding diaryl/α,β-unsaturated/α-hetero) is 1. The number of anilines is 1. The first kappa shape index (κ1) is 19.6. The second kappa shape index (κ2) is 7.39. The third kappa shape index (κ3) is 3.64. The van der Waals surface area contributed by atoms with Crippen LogP contribution in [0.25, 0.3) is 0 Å². The number of hydrogen-bond acceptors (Lipinski definition) is 5. The van der Waals surface area contributed by atoms with Crippen molar-refractivity contribution in [3.05, 3.63) is 82.7 Å². The second-order valence-electron chi connectivity index (χ2n) is 9.13. The Morgan fingerprint density at radius 1 is 1.03 bits per heavy atom. The topological polar surface area (TPSA) is 79.0 Å². The van der Waals surface area contributed by atoms with Gasteiger partial charge in [-0.15, -0.1) is 0 Å². The van der Waals surface area contributed by atoms with Gasteiger partial charge in [0.2, 0.25) is 0 Å². The lowest BCUT2D eigenvalue weighted by Gasteiger charge is -2.32. The number of aromatic amines is 1. The first-order chi connectivity index (χ1) is 14.9. The molecule has 0 saturated carbocycles. The van der Waals surface area contributed by atoms with Gasteiger partial charge >= 0.3 is 0 Å². The molecule has 0 aliphatic carbocycles. The van der Waals surface area contributed by atoms with Crippen molar-refractivity contribution in [1.82, 2.24) is 15.5 Å². The Bertz CT molecular complexity index is 1170. The minimum absolute atomic E-state index is 0.0998. The fraction of sp³-hybridized carbons (Fsp3) is 0.280. The monoisotopic (exact) mass is 414 g/mol. The van der Waals surface area contributed by atoms with Crippen LogP contribution in [0.4, 0.5) is 5.82 Å². The van der Waals surface area contributed by atoms with Crippen molar-refractivity contribution in [2.75, 3.05) is 18.4 Å². The SMILES string of the molecule is CC(C)(C)c1ccc(Oc2cccc(C3C4=C(CNCC4=O)Nc4[nH]ncc43)c2)cc1. The molecule has 0 amide bonds. The van der Waals surface area contributed by atoms with Gasteiger partial charge in [-0.25, -0.2) is 0 Å². The summed E-state index contributed by atoms with van der Waals surface area (Å²) in [5.41, 5.74) is 5.06. The molecule has 158 valence electrons. The Morgan fingerprint density at radius 3 is 2.61 bits per heavy atom. The Balaban J connectivity index is 1.49. The smallest absolute Gasteiger partial charge is 0.175 e. The van der Waals surface area contributed by atoms with Gasteiger partial charge in [0.05, 0.1) is 12.7 Å². The fourth-order valence-electron chi connectivity index (χ4n) is 4.29. The molecule has 0 saturated heterocycles. The van der Waals surface area contributed by atoms with Gasteiger partial charge in [0.1, 0.15) is 17.3 Å². The number of nitrogens with one attached hydrogen (secondary N) is 3. The largest absolute Gasteiger partial charge is 0.457 e. The number of rotatable bonds is 3. The molecule has 6 heteroatoms. The van der Waals surface area contributed by atoms with Crippen molar-refractivity contribution in [1.29, 1.82) is 0 Å². The molecule has 1 atom stereocenters. The molecular formula is C25H26N4O2. The molecule has 0 bridgehead atoms. The van der Waals surface area contributed by atoms with Crippen LogP contribution >= 0.6 is 0 Å². The van der Waals surface area contributed by atoms with E-state index in [1.807, 2.05) is 36.4 Å². The van der Waals surface area contributed by atoms with Gasteiger partial charge in [-0.1, -0.05) is 45.0 Å². The minimum Gasteiger partial charge on any atom is -0.457 e. The third-order valence-electron chi connectivity index (χ3n) is 5.90. The molecule has 1 unspecified atom stereocenters. The van der Waals surface area contributed by atoms with Crippen molar-refractivity contribution in [3.8, 4) is 11.5 Å². The Labute approximate surface area is 181 Å². The van der Waals surface area contributed by atoms with Crippen LogP contribution in [0.5, 0.6) is 11.5 Å². The van der Waals surface area contributed by atoms with Crippen LogP contribution in [-0.2, 0) is 10.2 Å². The van der Waals surface area contributed by atoms with Crippen LogP contribution in [0.3, 0.4) is 0 Å². The van der Waals surface area contributed by atoms with E-state index in [9.17, 15) is 4.79 Å². The summed E-state index contributed by atoms with van der Waals surface area (Å²) < 4.78 is 6.16. The predicted molar refractivity (Wildman–Crippen MR) is 121 cm³/mol. The van der Waals surface area contributed by atoms with Gasteiger partial charge in [0, 0.05) is 29.3 Å². The molecule has 3 N–H and O–H groups in total. The highest BCUT2D eigenvalue weighted by molar-refractivity contribution is 6.02. The van der Waals surface area contributed by atoms with Gasteiger partial charge < -0.3 is 15.4 Å². The van der Waals surface area contributed by atoms with Gasteiger partial charge in [-0.3, -0.25) is 9.89 Å². The maximum absolute atomic E-state index is 12.8. The number of H-pyrrole nitrogens is 1. The first-order valence-corrected chi connectivity index (χ1v) is 10.6. The van der Waals surface area contributed by atoms with Gasteiger partial charge in [0.25, 0.3) is 0 Å². The summed E-state index contributed by atoms with van der Waals surface area (Å²) >= 11 is 0. The number of fused-ring (bicyclic) bond motifs is 1. The van der Waals surface area contributed by atoms with Crippen LogP contribution in [0.2, 0.25) is 0 Å². The average molecular weight is 415 g/mol. The number of hydrogen-bond donors (Lipinski definition) is 3. The molecule has 1 aromatic heterocycles. The van der Waals surface area contributed by atoms with Crippen molar-refractivity contribution < 1.29 is 9.53 Å². The van der Waals surface area contributed by atoms with Crippen molar-refractivity contribution in [3.63, 3.8) is 0 Å². The zero-order valence-corrected chi connectivity index (χ0v) is 18.0. The summed E-state index contributed by atoms with van der Waals surface area (Å²) in [6.07, 6.45) is 1.80. The number of benzene rings is 2. The standard InChI is InChI=1S/C25H26N4O2/c1-25(2,3)16-7-9-17(10-8-16)31-18-6-4-5-15(11-18)22-19-12-27-29-24(19)28-20-13-26-14-21(30)23(20)22/h4-12,22,26H,13-14H2,1-3H3,(H2,27,28,29). The summed E-state index contributed by atoms with van der Waals surface area (Å²) in [4.78, 5) is 12.8. The first-order valence-electron chi connectivity index (χ1n) is 10.6. The van der Waals surface area contributed by atoms with Crippen molar-refractivity contribution in [2.45, 2.75) is 32.1 Å². The molecule has 2 aliphatic heterocycles. The van der Waals surface area contributed by atoms with E-state index in [1.54, 1.807) is 6.20 Å². The summed E-state index contributed by atoms with van der Waals surface area (Å²) in [6, 6.07) is 16.2. The lowest BCUT2D eigenvalue weighted by Crippen LogP contribution is -2.39. The van der Waals surface area contributed by atoms with E-state index in [2.05, 4.69) is 53.7 Å². The van der Waals surface area contributed by atoms with E-state index in [0.29, 0.717) is 13.1 Å². The Hall–Kier alpha value is -3.38.